The molecule has 0 bridgehead atoms. The fraction of sp³-hybridized carbons (Fsp3) is 0.0667. The molecule has 1 N–H and O–H groups in total. The summed E-state index contributed by atoms with van der Waals surface area (Å²) in [7, 11) is 0. The number of hydrazone groups is 1. The van der Waals surface area contributed by atoms with Gasteiger partial charge in [0, 0.05) is 4.47 Å². The summed E-state index contributed by atoms with van der Waals surface area (Å²) in [6.07, 6.45) is 0. The van der Waals surface area contributed by atoms with Crippen LogP contribution in [0.5, 0.6) is 0 Å². The Morgan fingerprint density at radius 1 is 1.14 bits per heavy atom. The highest BCUT2D eigenvalue weighted by molar-refractivity contribution is 9.10. The molecule has 0 saturated heterocycles. The molecule has 0 unspecified atom stereocenters. The van der Waals surface area contributed by atoms with Crippen LogP contribution in [0.25, 0.3) is 0 Å². The first-order valence-electron chi connectivity index (χ1n) is 6.11. The van der Waals surface area contributed by atoms with Crippen LogP contribution in [0.1, 0.15) is 5.56 Å². The van der Waals surface area contributed by atoms with Gasteiger partial charge in [-0.3, -0.25) is 5.43 Å². The Hall–Kier alpha value is -1.85. The highest BCUT2D eigenvalue weighted by Crippen LogP contribution is 2.14. The maximum Gasteiger partial charge on any atom is 0.371 e. The number of rotatable bonds is 5. The van der Waals surface area contributed by atoms with Crippen molar-refractivity contribution in [2.45, 2.75) is 6.61 Å². The lowest BCUT2D eigenvalue weighted by molar-refractivity contribution is -0.136. The Morgan fingerprint density at radius 2 is 1.81 bits per heavy atom. The zero-order valence-electron chi connectivity index (χ0n) is 10.9. The smallest absolute Gasteiger partial charge is 0.371 e. The van der Waals surface area contributed by atoms with E-state index in [0.717, 1.165) is 10.0 Å². The summed E-state index contributed by atoms with van der Waals surface area (Å²) in [4.78, 5) is 11.7. The van der Waals surface area contributed by atoms with Crippen LogP contribution in [0.4, 0.5) is 5.69 Å². The molecule has 2 aromatic carbocycles. The molecule has 0 atom stereocenters. The van der Waals surface area contributed by atoms with Crippen molar-refractivity contribution in [3.8, 4) is 0 Å². The van der Waals surface area contributed by atoms with Crippen molar-refractivity contribution in [1.82, 2.24) is 0 Å². The summed E-state index contributed by atoms with van der Waals surface area (Å²) in [5, 5.41) is 3.52. The van der Waals surface area contributed by atoms with Gasteiger partial charge in [0.1, 0.15) is 6.61 Å². The number of carbonyl (C=O) groups excluding carboxylic acids is 1. The van der Waals surface area contributed by atoms with E-state index in [4.69, 9.17) is 16.3 Å². The Kier molecular flexibility index (Phi) is 5.78. The molecule has 0 radical (unpaired) electrons. The second-order valence-electron chi connectivity index (χ2n) is 4.08. The van der Waals surface area contributed by atoms with Gasteiger partial charge in [-0.25, -0.2) is 4.79 Å². The van der Waals surface area contributed by atoms with Gasteiger partial charge in [0.2, 0.25) is 5.17 Å². The first kappa shape index (κ1) is 15.5. The number of nitrogens with zero attached hydrogens (tertiary/aromatic N) is 1. The molecule has 108 valence electrons. The number of anilines is 1. The lowest BCUT2D eigenvalue weighted by atomic mass is 10.2. The number of carbonyl (C=O) groups is 1. The number of halogens is 2. The van der Waals surface area contributed by atoms with E-state index in [1.807, 2.05) is 42.5 Å². The topological polar surface area (TPSA) is 50.7 Å². The molecule has 0 fully saturated rings. The minimum Gasteiger partial charge on any atom is -0.455 e. The van der Waals surface area contributed by atoms with E-state index in [0.29, 0.717) is 5.69 Å². The molecule has 0 amide bonds. The Bertz CT molecular complexity index is 630. The monoisotopic (exact) mass is 366 g/mol. The molecule has 0 heterocycles. The lowest BCUT2D eigenvalue weighted by Gasteiger charge is -2.04. The third kappa shape index (κ3) is 5.21. The average molecular weight is 368 g/mol. The van der Waals surface area contributed by atoms with Crippen LogP contribution in [-0.4, -0.2) is 11.1 Å². The first-order valence-corrected chi connectivity index (χ1v) is 7.28. The standard InChI is InChI=1S/C15H12BrClN2O2/c16-12-6-8-13(9-7-12)18-19-14(17)15(20)21-10-11-4-2-1-3-5-11/h1-9,18H,10H2/b19-14-. The zero-order chi connectivity index (χ0) is 15.1. The second kappa shape index (κ2) is 7.81. The molecule has 0 saturated carbocycles. The molecule has 0 spiro atoms. The van der Waals surface area contributed by atoms with Crippen LogP contribution in [0.3, 0.4) is 0 Å². The number of nitrogens with one attached hydrogen (secondary N) is 1. The average Bonchev–Trinajstić information content (AvgIpc) is 2.52. The maximum atomic E-state index is 11.7. The number of esters is 1. The molecule has 21 heavy (non-hydrogen) atoms. The number of benzene rings is 2. The van der Waals surface area contributed by atoms with E-state index in [9.17, 15) is 4.79 Å². The van der Waals surface area contributed by atoms with Crippen molar-refractivity contribution >= 4 is 44.4 Å². The van der Waals surface area contributed by atoms with E-state index in [2.05, 4.69) is 26.5 Å². The summed E-state index contributed by atoms with van der Waals surface area (Å²) in [6, 6.07) is 16.6. The van der Waals surface area contributed by atoms with Crippen LogP contribution in [0.2, 0.25) is 0 Å². The van der Waals surface area contributed by atoms with Crippen LogP contribution in [0, 0.1) is 0 Å². The van der Waals surface area contributed by atoms with E-state index in [1.54, 1.807) is 12.1 Å². The lowest BCUT2D eigenvalue weighted by Crippen LogP contribution is -2.13. The Morgan fingerprint density at radius 3 is 2.48 bits per heavy atom. The van der Waals surface area contributed by atoms with E-state index in [1.165, 1.54) is 0 Å². The molecular formula is C15H12BrClN2O2. The Balaban J connectivity index is 1.86. The summed E-state index contributed by atoms with van der Waals surface area (Å²) in [6.45, 7) is 0.156. The largest absolute Gasteiger partial charge is 0.455 e. The van der Waals surface area contributed by atoms with E-state index in [-0.39, 0.29) is 11.8 Å². The molecule has 6 heteroatoms. The predicted octanol–water partition coefficient (Wildman–Crippen LogP) is 4.16. The fourth-order valence-electron chi connectivity index (χ4n) is 1.47. The zero-order valence-corrected chi connectivity index (χ0v) is 13.3. The van der Waals surface area contributed by atoms with Crippen LogP contribution in [0.15, 0.2) is 64.2 Å². The third-order valence-corrected chi connectivity index (χ3v) is 3.28. The van der Waals surface area contributed by atoms with Crippen molar-refractivity contribution in [2.75, 3.05) is 5.43 Å². The van der Waals surface area contributed by atoms with E-state index >= 15 is 0 Å². The van der Waals surface area contributed by atoms with Crippen LogP contribution < -0.4 is 5.43 Å². The van der Waals surface area contributed by atoms with Gasteiger partial charge in [0.05, 0.1) is 5.69 Å². The second-order valence-corrected chi connectivity index (χ2v) is 5.36. The van der Waals surface area contributed by atoms with Crippen molar-refractivity contribution < 1.29 is 9.53 Å². The van der Waals surface area contributed by atoms with Gasteiger partial charge < -0.3 is 4.74 Å². The molecule has 0 aliphatic carbocycles. The van der Waals surface area contributed by atoms with Crippen molar-refractivity contribution in [3.05, 3.63) is 64.6 Å². The number of hydrogen-bond donors (Lipinski definition) is 1. The predicted molar refractivity (Wildman–Crippen MR) is 87.3 cm³/mol. The maximum absolute atomic E-state index is 11.7. The fourth-order valence-corrected chi connectivity index (χ4v) is 1.83. The van der Waals surface area contributed by atoms with Gasteiger partial charge in [-0.1, -0.05) is 57.9 Å². The minimum atomic E-state index is -0.676. The highest BCUT2D eigenvalue weighted by atomic mass is 79.9. The molecule has 0 aliphatic rings. The van der Waals surface area contributed by atoms with E-state index < -0.39 is 5.97 Å². The third-order valence-electron chi connectivity index (χ3n) is 2.51. The van der Waals surface area contributed by atoms with Crippen molar-refractivity contribution in [1.29, 1.82) is 0 Å². The number of ether oxygens (including phenoxy) is 1. The molecule has 0 aromatic heterocycles. The molecule has 4 nitrogen and oxygen atoms in total. The summed E-state index contributed by atoms with van der Waals surface area (Å²) in [5.74, 6) is -0.676. The van der Waals surface area contributed by atoms with Crippen molar-refractivity contribution in [3.63, 3.8) is 0 Å². The minimum absolute atomic E-state index is 0.156. The summed E-state index contributed by atoms with van der Waals surface area (Å²) in [5.41, 5.74) is 4.29. The summed E-state index contributed by atoms with van der Waals surface area (Å²) < 4.78 is 6.00. The van der Waals surface area contributed by atoms with Crippen LogP contribution >= 0.6 is 27.5 Å². The molecule has 0 aliphatic heterocycles. The first-order chi connectivity index (χ1) is 10.1. The molecule has 2 aromatic rings. The number of hydrogen-bond acceptors (Lipinski definition) is 4. The van der Waals surface area contributed by atoms with Gasteiger partial charge in [0.25, 0.3) is 0 Å². The van der Waals surface area contributed by atoms with Gasteiger partial charge in [0.15, 0.2) is 0 Å². The van der Waals surface area contributed by atoms with Gasteiger partial charge in [-0.2, -0.15) is 5.10 Å². The Labute approximate surface area is 135 Å². The quantitative estimate of drug-likeness (QED) is 0.490. The van der Waals surface area contributed by atoms with Gasteiger partial charge in [-0.15, -0.1) is 0 Å². The van der Waals surface area contributed by atoms with Crippen molar-refractivity contribution in [2.24, 2.45) is 5.10 Å². The normalized spacial score (nSPS) is 11.0. The highest BCUT2D eigenvalue weighted by Gasteiger charge is 2.10. The molecule has 2 rings (SSSR count). The molecular weight excluding hydrogens is 356 g/mol. The summed E-state index contributed by atoms with van der Waals surface area (Å²) >= 11 is 9.11. The van der Waals surface area contributed by atoms with Gasteiger partial charge >= 0.3 is 5.97 Å². The SMILES string of the molecule is O=C(OCc1ccccc1)/C(Cl)=N/Nc1ccc(Br)cc1. The van der Waals surface area contributed by atoms with Gasteiger partial charge in [-0.05, 0) is 29.8 Å². The van der Waals surface area contributed by atoms with Crippen LogP contribution in [-0.2, 0) is 16.1 Å².